The number of amides is 4. The van der Waals surface area contributed by atoms with Crippen LogP contribution < -0.4 is 15.4 Å². The van der Waals surface area contributed by atoms with E-state index in [4.69, 9.17) is 9.47 Å². The topological polar surface area (TPSA) is 229 Å². The van der Waals surface area contributed by atoms with Crippen LogP contribution >= 0.6 is 0 Å². The average Bonchev–Trinajstić information content (AvgIpc) is 3.29. The largest absolute Gasteiger partial charge is 0.485 e. The molecule has 0 spiro atoms. The van der Waals surface area contributed by atoms with Gasteiger partial charge in [0.25, 0.3) is 11.8 Å². The standard InChI is InChI=1S/C29H37N3O12/c1-16(33)43-15-17-6-7-20(44-21-14-18(29(41)42)26(38)28(40)27(21)39)19(13-17)31-23(35)10-11-30-22(34)5-3-2-4-12-32-24(36)8-9-25(32)37/h6-9,13,18,21,26-28,38-40H,2-5,10-12,14-15H2,1H3,(H,30,34)(H,31,35)(H,41,42)/t18-,21+,26+,27-,28-/m0/s1. The van der Waals surface area contributed by atoms with E-state index >= 15 is 0 Å². The Bertz CT molecular complexity index is 1260. The van der Waals surface area contributed by atoms with Crippen molar-refractivity contribution in [3.8, 4) is 5.75 Å². The molecule has 1 saturated carbocycles. The maximum atomic E-state index is 12.7. The molecule has 1 fully saturated rings. The highest BCUT2D eigenvalue weighted by molar-refractivity contribution is 6.12. The molecule has 3 rings (SSSR count). The zero-order valence-corrected chi connectivity index (χ0v) is 24.1. The van der Waals surface area contributed by atoms with E-state index in [-0.39, 0.29) is 68.1 Å². The Kier molecular flexibility index (Phi) is 12.4. The second-order valence-corrected chi connectivity index (χ2v) is 10.5. The number of aliphatic hydroxyl groups excluding tert-OH is 3. The number of unbranched alkanes of at least 4 members (excludes halogenated alkanes) is 2. The Hall–Kier alpha value is -4.34. The van der Waals surface area contributed by atoms with Gasteiger partial charge in [0.2, 0.25) is 11.8 Å². The highest BCUT2D eigenvalue weighted by atomic mass is 16.5. The number of aliphatic hydroxyl groups is 3. The normalized spacial score (nSPS) is 22.9. The van der Waals surface area contributed by atoms with Crippen molar-refractivity contribution in [2.75, 3.05) is 18.4 Å². The average molecular weight is 620 g/mol. The first kappa shape index (κ1) is 34.2. The molecule has 0 unspecified atom stereocenters. The highest BCUT2D eigenvalue weighted by Gasteiger charge is 2.47. The summed E-state index contributed by atoms with van der Waals surface area (Å²) in [6, 6.07) is 4.41. The summed E-state index contributed by atoms with van der Waals surface area (Å²) in [4.78, 5) is 71.9. The van der Waals surface area contributed by atoms with Gasteiger partial charge in [0, 0.05) is 51.4 Å². The molecule has 2 aliphatic rings. The number of ether oxygens (including phenoxy) is 2. The predicted molar refractivity (Wildman–Crippen MR) is 151 cm³/mol. The summed E-state index contributed by atoms with van der Waals surface area (Å²) < 4.78 is 10.8. The molecule has 44 heavy (non-hydrogen) atoms. The molecule has 15 heteroatoms. The van der Waals surface area contributed by atoms with E-state index in [1.165, 1.54) is 37.3 Å². The maximum Gasteiger partial charge on any atom is 0.309 e. The van der Waals surface area contributed by atoms with Gasteiger partial charge in [0.15, 0.2) is 0 Å². The van der Waals surface area contributed by atoms with Gasteiger partial charge in [-0.3, -0.25) is 33.7 Å². The van der Waals surface area contributed by atoms with Crippen molar-refractivity contribution in [3.05, 3.63) is 35.9 Å². The Morgan fingerprint density at radius 2 is 1.64 bits per heavy atom. The van der Waals surface area contributed by atoms with E-state index in [1.54, 1.807) is 0 Å². The number of imide groups is 1. The Morgan fingerprint density at radius 1 is 0.932 bits per heavy atom. The summed E-state index contributed by atoms with van der Waals surface area (Å²) in [5, 5.41) is 45.3. The van der Waals surface area contributed by atoms with Gasteiger partial charge in [-0.2, -0.15) is 0 Å². The number of carbonyl (C=O) groups is 6. The second kappa shape index (κ2) is 15.9. The molecular formula is C29H37N3O12. The van der Waals surface area contributed by atoms with Crippen molar-refractivity contribution >= 4 is 41.3 Å². The number of anilines is 1. The van der Waals surface area contributed by atoms with Gasteiger partial charge in [0.1, 0.15) is 30.7 Å². The summed E-state index contributed by atoms with van der Waals surface area (Å²) in [6.45, 7) is 1.41. The molecule has 1 aromatic carbocycles. The van der Waals surface area contributed by atoms with E-state index in [1.807, 2.05) is 0 Å². The number of esters is 1. The van der Waals surface area contributed by atoms with Crippen LogP contribution in [0.15, 0.2) is 30.4 Å². The molecule has 5 atom stereocenters. The van der Waals surface area contributed by atoms with Gasteiger partial charge >= 0.3 is 11.9 Å². The summed E-state index contributed by atoms with van der Waals surface area (Å²) in [5.74, 6) is -4.78. The lowest BCUT2D eigenvalue weighted by molar-refractivity contribution is -0.174. The zero-order valence-electron chi connectivity index (χ0n) is 24.1. The molecule has 1 aliphatic carbocycles. The van der Waals surface area contributed by atoms with Gasteiger partial charge in [-0.25, -0.2) is 0 Å². The number of nitrogens with one attached hydrogen (secondary N) is 2. The number of carbonyl (C=O) groups excluding carboxylic acids is 5. The van der Waals surface area contributed by atoms with E-state index < -0.39 is 48.2 Å². The number of nitrogens with zero attached hydrogens (tertiary/aromatic N) is 1. The highest BCUT2D eigenvalue weighted by Crippen LogP contribution is 2.33. The van der Waals surface area contributed by atoms with Crippen molar-refractivity contribution in [2.24, 2.45) is 5.92 Å². The van der Waals surface area contributed by atoms with Crippen molar-refractivity contribution in [1.29, 1.82) is 0 Å². The lowest BCUT2D eigenvalue weighted by Crippen LogP contribution is -2.57. The first-order valence-corrected chi connectivity index (χ1v) is 14.2. The number of hydrogen-bond donors (Lipinski definition) is 6. The first-order chi connectivity index (χ1) is 20.9. The third-order valence-electron chi connectivity index (χ3n) is 7.20. The van der Waals surface area contributed by atoms with Crippen LogP contribution in [0.4, 0.5) is 5.69 Å². The fraction of sp³-hybridized carbons (Fsp3) is 0.517. The van der Waals surface area contributed by atoms with Gasteiger partial charge < -0.3 is 40.5 Å². The fourth-order valence-electron chi connectivity index (χ4n) is 4.77. The lowest BCUT2D eigenvalue weighted by Gasteiger charge is -2.38. The molecule has 1 aromatic rings. The van der Waals surface area contributed by atoms with Gasteiger partial charge in [0.05, 0.1) is 17.7 Å². The van der Waals surface area contributed by atoms with Crippen LogP contribution in [0.25, 0.3) is 0 Å². The zero-order chi connectivity index (χ0) is 32.4. The van der Waals surface area contributed by atoms with E-state index in [2.05, 4.69) is 10.6 Å². The number of carboxylic acid groups (broad SMARTS) is 1. The van der Waals surface area contributed by atoms with Crippen LogP contribution in [-0.2, 0) is 40.1 Å². The molecule has 1 heterocycles. The number of rotatable bonds is 15. The fourth-order valence-corrected chi connectivity index (χ4v) is 4.77. The Labute approximate surface area is 252 Å². The Balaban J connectivity index is 1.52. The molecule has 0 bridgehead atoms. The summed E-state index contributed by atoms with van der Waals surface area (Å²) in [6.07, 6.45) is -2.46. The van der Waals surface area contributed by atoms with E-state index in [0.29, 0.717) is 24.8 Å². The molecule has 15 nitrogen and oxygen atoms in total. The summed E-state index contributed by atoms with van der Waals surface area (Å²) in [7, 11) is 0. The van der Waals surface area contributed by atoms with E-state index in [0.717, 1.165) is 4.90 Å². The molecule has 0 aromatic heterocycles. The first-order valence-electron chi connectivity index (χ1n) is 14.2. The minimum absolute atomic E-state index is 0.0160. The van der Waals surface area contributed by atoms with Crippen molar-refractivity contribution < 1.29 is 58.7 Å². The van der Waals surface area contributed by atoms with Gasteiger partial charge in [-0.1, -0.05) is 12.5 Å². The number of hydrogen-bond acceptors (Lipinski definition) is 11. The molecular weight excluding hydrogens is 582 g/mol. The SMILES string of the molecule is CC(=O)OCc1ccc(O[C@@H]2C[C@H](C(=O)O)[C@@H](O)[C@H](O)[C@H]2O)c(NC(=O)CCNC(=O)CCCCCN2C(=O)C=CC2=O)c1. The smallest absolute Gasteiger partial charge is 0.309 e. The Morgan fingerprint density at radius 3 is 2.30 bits per heavy atom. The molecule has 0 radical (unpaired) electrons. The van der Waals surface area contributed by atoms with Crippen LogP contribution in [0.2, 0.25) is 0 Å². The molecule has 240 valence electrons. The molecule has 0 saturated heterocycles. The molecule has 1 aliphatic heterocycles. The third-order valence-corrected chi connectivity index (χ3v) is 7.20. The number of aliphatic carboxylic acids is 1. The van der Waals surface area contributed by atoms with Crippen LogP contribution in [-0.4, -0.2) is 98.4 Å². The van der Waals surface area contributed by atoms with Crippen molar-refractivity contribution in [3.63, 3.8) is 0 Å². The molecule has 4 amide bonds. The monoisotopic (exact) mass is 619 g/mol. The van der Waals surface area contributed by atoms with Crippen LogP contribution in [0, 0.1) is 5.92 Å². The summed E-state index contributed by atoms with van der Waals surface area (Å²) in [5.41, 5.74) is 0.588. The molecule has 6 N–H and O–H groups in total. The van der Waals surface area contributed by atoms with Gasteiger partial charge in [-0.05, 0) is 30.5 Å². The van der Waals surface area contributed by atoms with Crippen molar-refractivity contribution in [2.45, 2.75) is 76.5 Å². The third kappa shape index (κ3) is 9.59. The van der Waals surface area contributed by atoms with Gasteiger partial charge in [-0.15, -0.1) is 0 Å². The van der Waals surface area contributed by atoms with Crippen LogP contribution in [0.5, 0.6) is 5.75 Å². The second-order valence-electron chi connectivity index (χ2n) is 10.5. The van der Waals surface area contributed by atoms with Crippen LogP contribution in [0.3, 0.4) is 0 Å². The lowest BCUT2D eigenvalue weighted by atomic mass is 9.80. The van der Waals surface area contributed by atoms with Crippen molar-refractivity contribution in [1.82, 2.24) is 10.2 Å². The number of carboxylic acids is 1. The van der Waals surface area contributed by atoms with E-state index in [9.17, 15) is 49.2 Å². The summed E-state index contributed by atoms with van der Waals surface area (Å²) >= 11 is 0. The number of benzene rings is 1. The minimum Gasteiger partial charge on any atom is -0.485 e. The predicted octanol–water partition coefficient (Wildman–Crippen LogP) is -0.385. The maximum absolute atomic E-state index is 12.7. The quantitative estimate of drug-likeness (QED) is 0.0838. The van der Waals surface area contributed by atoms with Crippen LogP contribution in [0.1, 0.15) is 51.0 Å². The minimum atomic E-state index is -1.78.